The first-order chi connectivity index (χ1) is 23.4. The number of ether oxygens (including phenoxy) is 1. The Morgan fingerprint density at radius 2 is 1.76 bits per heavy atom. The largest absolute Gasteiger partial charge is 0.508 e. The lowest BCUT2D eigenvalue weighted by molar-refractivity contribution is -0.180. The van der Waals surface area contributed by atoms with Crippen molar-refractivity contribution < 1.29 is 25.2 Å². The number of piperidine rings is 2. The van der Waals surface area contributed by atoms with E-state index in [9.17, 15) is 20.4 Å². The number of methoxy groups -OCH3 is 1. The summed E-state index contributed by atoms with van der Waals surface area (Å²) < 4.78 is 5.41. The predicted octanol–water partition coefficient (Wildman–Crippen LogP) is 7.38. The third-order valence-corrected chi connectivity index (χ3v) is 17.0. The van der Waals surface area contributed by atoms with Crippen LogP contribution in [0.2, 0.25) is 0 Å². The number of aliphatic hydroxyl groups is 3. The van der Waals surface area contributed by atoms with Gasteiger partial charge >= 0.3 is 0 Å². The molecule has 5 saturated carbocycles. The van der Waals surface area contributed by atoms with Crippen LogP contribution in [0.4, 0.5) is 0 Å². The first kappa shape index (κ1) is 34.9. The maximum absolute atomic E-state index is 12.2. The van der Waals surface area contributed by atoms with E-state index >= 15 is 0 Å². The Morgan fingerprint density at radius 1 is 0.918 bits per heavy atom. The Balaban J connectivity index is 1.02. The summed E-state index contributed by atoms with van der Waals surface area (Å²) in [5.41, 5.74) is 0.609. The van der Waals surface area contributed by atoms with Crippen LogP contribution < -0.4 is 0 Å². The Bertz CT molecular complexity index is 1330. The molecule has 16 atom stereocenters. The molecule has 7 fully saturated rings. The smallest absolute Gasteiger partial charge is 0.115 e. The number of rotatable bonds is 7. The Labute approximate surface area is 296 Å². The van der Waals surface area contributed by atoms with Crippen molar-refractivity contribution in [2.45, 2.75) is 140 Å². The lowest BCUT2D eigenvalue weighted by Crippen LogP contribution is -2.67. The molecule has 2 saturated heterocycles. The SMILES string of the molecule is COCCC[C@H](C[C@H]1CC[C@@]2(C1)C[C@]1(C)[C@@H]3C[C@H]4[C@H](CC[C@@H]5[C@H]4CN4C[C@H](C)CC[C@@H]4[C@@]5(C)O)[C@@H]3C[C@H](O)[C@@H]1C[C@H]2O)c1cccc(O)c1. The van der Waals surface area contributed by atoms with Crippen LogP contribution in [0.15, 0.2) is 24.3 Å². The van der Waals surface area contributed by atoms with Crippen molar-refractivity contribution in [1.82, 2.24) is 4.90 Å². The standard InChI is InChI=1S/C43H67NO5/c1-26-10-13-39-42(3,48)35-12-11-31-32(34(35)24-44(39)23-26)19-36-33(31)20-38(46)37-21-40(47)43(25-41(36,37)2)15-14-27(22-43)17-28(8-6-16-49-4)29-7-5-9-30(45)18-29/h5,7,9,18,26-28,31-40,45-48H,6,8,10-17,19-25H2,1-4H3/t26-,27-,28-,31+,32+,33+,34+,35-,36-,37+,38+,39-,40-,41-,42+,43-/m1/s1. The highest BCUT2D eigenvalue weighted by Crippen LogP contribution is 2.71. The molecule has 4 N–H and O–H groups in total. The molecule has 274 valence electrons. The number of aromatic hydroxyl groups is 1. The van der Waals surface area contributed by atoms with Gasteiger partial charge in [-0.25, -0.2) is 0 Å². The molecule has 0 aromatic heterocycles. The number of nitrogens with zero attached hydrogens (tertiary/aromatic N) is 1. The summed E-state index contributed by atoms with van der Waals surface area (Å²) in [6.07, 6.45) is 14.5. The number of hydrogen-bond donors (Lipinski definition) is 4. The second-order valence-electron chi connectivity index (χ2n) is 19.5. The highest BCUT2D eigenvalue weighted by Gasteiger charge is 2.67. The summed E-state index contributed by atoms with van der Waals surface area (Å²) in [7, 11) is 1.77. The normalized spacial score (nSPS) is 49.9. The van der Waals surface area contributed by atoms with Crippen molar-refractivity contribution in [2.24, 2.45) is 64.1 Å². The van der Waals surface area contributed by atoms with E-state index in [4.69, 9.17) is 4.74 Å². The molecule has 6 heteroatoms. The van der Waals surface area contributed by atoms with Crippen LogP contribution >= 0.6 is 0 Å². The van der Waals surface area contributed by atoms with Gasteiger partial charge in [-0.1, -0.05) is 26.0 Å². The Hall–Kier alpha value is -1.18. The minimum Gasteiger partial charge on any atom is -0.508 e. The van der Waals surface area contributed by atoms with Gasteiger partial charge in [-0.3, -0.25) is 4.90 Å². The van der Waals surface area contributed by atoms with Crippen LogP contribution in [0.3, 0.4) is 0 Å². The van der Waals surface area contributed by atoms with Gasteiger partial charge in [0.1, 0.15) is 5.75 Å². The van der Waals surface area contributed by atoms with Crippen LogP contribution in [0.1, 0.15) is 122 Å². The molecule has 0 amide bonds. The molecule has 1 aromatic rings. The Kier molecular flexibility index (Phi) is 9.28. The van der Waals surface area contributed by atoms with E-state index in [0.29, 0.717) is 65.1 Å². The summed E-state index contributed by atoms with van der Waals surface area (Å²) in [6.45, 7) is 10.2. The number of fused-ring (bicyclic) bond motifs is 8. The zero-order valence-corrected chi connectivity index (χ0v) is 31.0. The van der Waals surface area contributed by atoms with Crippen molar-refractivity contribution in [3.8, 4) is 5.75 Å². The van der Waals surface area contributed by atoms with Crippen molar-refractivity contribution in [2.75, 3.05) is 26.8 Å². The van der Waals surface area contributed by atoms with E-state index in [1.807, 2.05) is 12.1 Å². The van der Waals surface area contributed by atoms with Gasteiger partial charge < -0.3 is 25.2 Å². The molecule has 49 heavy (non-hydrogen) atoms. The van der Waals surface area contributed by atoms with Gasteiger partial charge in [0.15, 0.2) is 0 Å². The quantitative estimate of drug-likeness (QED) is 0.225. The predicted molar refractivity (Wildman–Crippen MR) is 193 cm³/mol. The Morgan fingerprint density at radius 3 is 2.55 bits per heavy atom. The summed E-state index contributed by atoms with van der Waals surface area (Å²) in [6, 6.07) is 8.18. The maximum Gasteiger partial charge on any atom is 0.115 e. The second-order valence-corrected chi connectivity index (χ2v) is 19.5. The van der Waals surface area contributed by atoms with Gasteiger partial charge in [0, 0.05) is 32.8 Å². The molecule has 6 nitrogen and oxygen atoms in total. The van der Waals surface area contributed by atoms with E-state index in [-0.39, 0.29) is 29.0 Å². The summed E-state index contributed by atoms with van der Waals surface area (Å²) in [5.74, 6) is 5.64. The lowest BCUT2D eigenvalue weighted by Gasteiger charge is -2.60. The first-order valence-electron chi connectivity index (χ1n) is 20.5. The number of benzene rings is 1. The number of aliphatic hydroxyl groups excluding tert-OH is 2. The van der Waals surface area contributed by atoms with Crippen LogP contribution in [-0.2, 0) is 4.74 Å². The molecule has 2 aliphatic heterocycles. The molecule has 0 unspecified atom stereocenters. The molecule has 0 bridgehead atoms. The van der Waals surface area contributed by atoms with Gasteiger partial charge in [0.2, 0.25) is 0 Å². The number of phenolic OH excluding ortho intramolecular Hbond substituents is 1. The molecule has 1 aromatic carbocycles. The van der Waals surface area contributed by atoms with Crippen molar-refractivity contribution >= 4 is 0 Å². The monoisotopic (exact) mass is 678 g/mol. The molecular formula is C43H67NO5. The zero-order chi connectivity index (χ0) is 34.3. The number of phenols is 1. The summed E-state index contributed by atoms with van der Waals surface area (Å²) >= 11 is 0. The van der Waals surface area contributed by atoms with Crippen LogP contribution in [-0.4, -0.2) is 76.0 Å². The van der Waals surface area contributed by atoms with Crippen LogP contribution in [0, 0.1) is 64.1 Å². The van der Waals surface area contributed by atoms with Crippen molar-refractivity contribution in [3.05, 3.63) is 29.8 Å². The van der Waals surface area contributed by atoms with Gasteiger partial charge in [0.05, 0.1) is 17.8 Å². The van der Waals surface area contributed by atoms with Gasteiger partial charge in [-0.2, -0.15) is 0 Å². The fourth-order valence-electron chi connectivity index (χ4n) is 15.0. The van der Waals surface area contributed by atoms with E-state index in [1.165, 1.54) is 24.8 Å². The van der Waals surface area contributed by atoms with E-state index in [1.54, 1.807) is 13.2 Å². The zero-order valence-electron chi connectivity index (χ0n) is 31.0. The average Bonchev–Trinajstić information content (AvgIpc) is 3.64. The fraction of sp³-hybridized carbons (Fsp3) is 0.860. The third kappa shape index (κ3) is 5.85. The maximum atomic E-state index is 12.2. The summed E-state index contributed by atoms with van der Waals surface area (Å²) in [4.78, 5) is 2.70. The van der Waals surface area contributed by atoms with E-state index < -0.39 is 5.60 Å². The van der Waals surface area contributed by atoms with Crippen molar-refractivity contribution in [3.63, 3.8) is 0 Å². The second kappa shape index (κ2) is 13.0. The number of hydrogen-bond acceptors (Lipinski definition) is 6. The molecule has 7 aliphatic rings. The first-order valence-corrected chi connectivity index (χ1v) is 20.5. The minimum absolute atomic E-state index is 0.0474. The fourth-order valence-corrected chi connectivity index (χ4v) is 15.0. The van der Waals surface area contributed by atoms with E-state index in [0.717, 1.165) is 90.3 Å². The van der Waals surface area contributed by atoms with E-state index in [2.05, 4.69) is 31.7 Å². The third-order valence-electron chi connectivity index (χ3n) is 17.0. The summed E-state index contributed by atoms with van der Waals surface area (Å²) in [5, 5.41) is 46.4. The molecule has 5 aliphatic carbocycles. The highest BCUT2D eigenvalue weighted by molar-refractivity contribution is 5.30. The van der Waals surface area contributed by atoms with Crippen LogP contribution in [0.5, 0.6) is 5.75 Å². The molecule has 1 spiro atoms. The average molecular weight is 678 g/mol. The minimum atomic E-state index is -0.606. The van der Waals surface area contributed by atoms with Gasteiger partial charge in [-0.15, -0.1) is 0 Å². The van der Waals surface area contributed by atoms with Crippen LogP contribution in [0.25, 0.3) is 0 Å². The van der Waals surface area contributed by atoms with Crippen molar-refractivity contribution in [1.29, 1.82) is 0 Å². The molecule has 2 heterocycles. The molecule has 0 radical (unpaired) electrons. The molecule has 8 rings (SSSR count). The van der Waals surface area contributed by atoms with Gasteiger partial charge in [0.25, 0.3) is 0 Å². The lowest BCUT2D eigenvalue weighted by atomic mass is 9.46. The topological polar surface area (TPSA) is 93.4 Å². The van der Waals surface area contributed by atoms with Gasteiger partial charge in [-0.05, 0) is 185 Å². The molecular weight excluding hydrogens is 610 g/mol. The highest BCUT2D eigenvalue weighted by atomic mass is 16.5.